The van der Waals surface area contributed by atoms with Gasteiger partial charge in [-0.15, -0.1) is 0 Å². The number of rotatable bonds is 9. The second-order valence-electron chi connectivity index (χ2n) is 9.15. The maximum atomic E-state index is 10.9. The summed E-state index contributed by atoms with van der Waals surface area (Å²) >= 11 is 0. The molecule has 0 amide bonds. The lowest BCUT2D eigenvalue weighted by molar-refractivity contribution is -0.107. The quantitative estimate of drug-likeness (QED) is 0.260. The number of nitroso groups, excluding NO2 is 1. The highest BCUT2D eigenvalue weighted by Crippen LogP contribution is 2.33. The third-order valence-corrected chi connectivity index (χ3v) is 6.79. The standard InChI is InChI=1S/C28H30N6O2/c1-21-27(24-11-5-7-22(19-24)8-6-18-35)28-30-25(23-9-3-2-4-10-23)20-26(34(28)31-21)33-16-14-32(15-17-33)13-12-29-36/h2-5,7,9-11,18-20H,6,8,12-17H2,1H3. The summed E-state index contributed by atoms with van der Waals surface area (Å²) in [7, 11) is 0. The fourth-order valence-corrected chi connectivity index (χ4v) is 4.92. The van der Waals surface area contributed by atoms with E-state index in [1.54, 1.807) is 0 Å². The van der Waals surface area contributed by atoms with Crippen LogP contribution in [0.5, 0.6) is 0 Å². The Hall–Kier alpha value is -3.91. The zero-order valence-corrected chi connectivity index (χ0v) is 20.5. The second kappa shape index (κ2) is 10.8. The summed E-state index contributed by atoms with van der Waals surface area (Å²) in [6, 6.07) is 20.7. The van der Waals surface area contributed by atoms with Crippen LogP contribution in [0, 0.1) is 11.8 Å². The third-order valence-electron chi connectivity index (χ3n) is 6.79. The SMILES string of the molecule is Cc1nn2c(N3CCN(CCN=O)CC3)cc(-c3ccccc3)nc2c1-c1cccc(CCC=O)c1. The molecule has 4 aromatic rings. The largest absolute Gasteiger partial charge is 0.354 e. The normalized spacial score (nSPS) is 14.3. The van der Waals surface area contributed by atoms with E-state index >= 15 is 0 Å². The van der Waals surface area contributed by atoms with E-state index in [0.717, 1.165) is 77.6 Å². The molecule has 2 aromatic heterocycles. The van der Waals surface area contributed by atoms with Gasteiger partial charge >= 0.3 is 0 Å². The summed E-state index contributed by atoms with van der Waals surface area (Å²) in [5.74, 6) is 1.01. The molecule has 36 heavy (non-hydrogen) atoms. The Labute approximate surface area is 210 Å². The predicted molar refractivity (Wildman–Crippen MR) is 142 cm³/mol. The zero-order chi connectivity index (χ0) is 24.9. The van der Waals surface area contributed by atoms with Gasteiger partial charge in [-0.1, -0.05) is 59.8 Å². The summed E-state index contributed by atoms with van der Waals surface area (Å²) in [4.78, 5) is 31.2. The summed E-state index contributed by atoms with van der Waals surface area (Å²) in [5, 5.41) is 7.96. The lowest BCUT2D eigenvalue weighted by atomic mass is 10.0. The van der Waals surface area contributed by atoms with Gasteiger partial charge in [-0.05, 0) is 24.5 Å². The lowest BCUT2D eigenvalue weighted by Crippen LogP contribution is -2.47. The minimum atomic E-state index is 0.325. The van der Waals surface area contributed by atoms with Gasteiger partial charge in [0.15, 0.2) is 5.65 Å². The minimum absolute atomic E-state index is 0.325. The average molecular weight is 483 g/mol. The van der Waals surface area contributed by atoms with Crippen LogP contribution in [0.25, 0.3) is 28.0 Å². The highest BCUT2D eigenvalue weighted by Gasteiger charge is 2.23. The molecule has 5 rings (SSSR count). The molecular formula is C28H30N6O2. The third kappa shape index (κ3) is 4.90. The van der Waals surface area contributed by atoms with Crippen LogP contribution < -0.4 is 4.90 Å². The van der Waals surface area contributed by atoms with Crippen LogP contribution >= 0.6 is 0 Å². The first kappa shape index (κ1) is 23.8. The average Bonchev–Trinajstić information content (AvgIpc) is 3.26. The molecule has 0 atom stereocenters. The first-order valence-electron chi connectivity index (χ1n) is 12.4. The second-order valence-corrected chi connectivity index (χ2v) is 9.15. The lowest BCUT2D eigenvalue weighted by Gasteiger charge is -2.35. The number of nitrogens with zero attached hydrogens (tertiary/aromatic N) is 6. The molecule has 2 aromatic carbocycles. The summed E-state index contributed by atoms with van der Waals surface area (Å²) in [5.41, 5.74) is 6.89. The van der Waals surface area contributed by atoms with Crippen molar-refractivity contribution in [2.75, 3.05) is 44.2 Å². The van der Waals surface area contributed by atoms with Gasteiger partial charge in [0.05, 0.1) is 17.9 Å². The maximum Gasteiger partial charge on any atom is 0.166 e. The number of fused-ring (bicyclic) bond motifs is 1. The van der Waals surface area contributed by atoms with Crippen molar-refractivity contribution in [2.45, 2.75) is 19.8 Å². The number of aldehydes is 1. The van der Waals surface area contributed by atoms with Crippen molar-refractivity contribution in [1.29, 1.82) is 0 Å². The molecular weight excluding hydrogens is 452 g/mol. The van der Waals surface area contributed by atoms with Crippen LogP contribution in [0.15, 0.2) is 65.8 Å². The van der Waals surface area contributed by atoms with Crippen molar-refractivity contribution < 1.29 is 4.79 Å². The van der Waals surface area contributed by atoms with Crippen LogP contribution in [0.3, 0.4) is 0 Å². The number of hydrogen-bond donors (Lipinski definition) is 0. The van der Waals surface area contributed by atoms with Gasteiger partial charge in [0, 0.05) is 56.3 Å². The molecule has 0 radical (unpaired) electrons. The molecule has 8 heteroatoms. The molecule has 1 aliphatic rings. The van der Waals surface area contributed by atoms with E-state index in [9.17, 15) is 9.70 Å². The van der Waals surface area contributed by atoms with Crippen LogP contribution in [0.1, 0.15) is 17.7 Å². The molecule has 0 spiro atoms. The Morgan fingerprint density at radius 3 is 2.50 bits per heavy atom. The van der Waals surface area contributed by atoms with E-state index in [4.69, 9.17) is 10.1 Å². The van der Waals surface area contributed by atoms with E-state index in [1.165, 1.54) is 0 Å². The van der Waals surface area contributed by atoms with Gasteiger partial charge in [0.1, 0.15) is 12.1 Å². The van der Waals surface area contributed by atoms with Crippen LogP contribution in [-0.2, 0) is 11.2 Å². The van der Waals surface area contributed by atoms with Gasteiger partial charge in [-0.3, -0.25) is 4.90 Å². The van der Waals surface area contributed by atoms with E-state index in [-0.39, 0.29) is 0 Å². The van der Waals surface area contributed by atoms with Crippen LogP contribution in [0.4, 0.5) is 5.82 Å². The van der Waals surface area contributed by atoms with Crippen LogP contribution in [0.2, 0.25) is 0 Å². The Morgan fingerprint density at radius 2 is 1.75 bits per heavy atom. The topological polar surface area (TPSA) is 83.2 Å². The van der Waals surface area contributed by atoms with Crippen molar-refractivity contribution >= 4 is 17.8 Å². The predicted octanol–water partition coefficient (Wildman–Crippen LogP) is 4.39. The fourth-order valence-electron chi connectivity index (χ4n) is 4.92. The maximum absolute atomic E-state index is 10.9. The molecule has 184 valence electrons. The molecule has 3 heterocycles. The highest BCUT2D eigenvalue weighted by atomic mass is 16.3. The number of benzene rings is 2. The number of carbonyl (C=O) groups is 1. The van der Waals surface area contributed by atoms with Crippen molar-refractivity contribution in [3.8, 4) is 22.4 Å². The van der Waals surface area contributed by atoms with Gasteiger partial charge in [0.25, 0.3) is 0 Å². The molecule has 1 aliphatic heterocycles. The van der Waals surface area contributed by atoms with E-state index in [1.807, 2.05) is 35.7 Å². The number of piperazine rings is 1. The smallest absolute Gasteiger partial charge is 0.166 e. The van der Waals surface area contributed by atoms with Crippen LogP contribution in [-0.4, -0.2) is 65.1 Å². The Morgan fingerprint density at radius 1 is 0.972 bits per heavy atom. The van der Waals surface area contributed by atoms with Gasteiger partial charge in [-0.25, -0.2) is 4.98 Å². The molecule has 0 bridgehead atoms. The molecule has 0 saturated carbocycles. The van der Waals surface area contributed by atoms with Crippen molar-refractivity contribution in [2.24, 2.45) is 5.18 Å². The Kier molecular flexibility index (Phi) is 7.13. The Balaban J connectivity index is 1.60. The fraction of sp³-hybridized carbons (Fsp3) is 0.321. The number of aromatic nitrogens is 3. The van der Waals surface area contributed by atoms with Crippen molar-refractivity contribution in [3.63, 3.8) is 0 Å². The van der Waals surface area contributed by atoms with Gasteiger partial charge in [-0.2, -0.15) is 14.5 Å². The van der Waals surface area contributed by atoms with Gasteiger partial charge in [0.2, 0.25) is 0 Å². The van der Waals surface area contributed by atoms with Crippen molar-refractivity contribution in [1.82, 2.24) is 19.5 Å². The van der Waals surface area contributed by atoms with Gasteiger partial charge < -0.3 is 9.69 Å². The molecule has 0 N–H and O–H groups in total. The summed E-state index contributed by atoms with van der Waals surface area (Å²) in [6.45, 7) is 6.45. The summed E-state index contributed by atoms with van der Waals surface area (Å²) in [6.07, 6.45) is 2.18. The molecule has 1 fully saturated rings. The molecule has 1 saturated heterocycles. The van der Waals surface area contributed by atoms with Crippen molar-refractivity contribution in [3.05, 3.63) is 76.8 Å². The summed E-state index contributed by atoms with van der Waals surface area (Å²) < 4.78 is 1.97. The number of anilines is 1. The molecule has 0 aliphatic carbocycles. The van der Waals surface area contributed by atoms with E-state index < -0.39 is 0 Å². The highest BCUT2D eigenvalue weighted by molar-refractivity contribution is 5.83. The number of hydrogen-bond acceptors (Lipinski definition) is 7. The number of carbonyl (C=O) groups excluding carboxylic acids is 1. The minimum Gasteiger partial charge on any atom is -0.354 e. The zero-order valence-electron chi connectivity index (χ0n) is 20.5. The number of aryl methyl sites for hydroxylation is 2. The van der Waals surface area contributed by atoms with E-state index in [2.05, 4.69) is 51.4 Å². The molecule has 8 nitrogen and oxygen atoms in total. The molecule has 0 unspecified atom stereocenters. The monoisotopic (exact) mass is 482 g/mol. The Bertz CT molecular complexity index is 1360. The first-order valence-corrected chi connectivity index (χ1v) is 12.4. The van der Waals surface area contributed by atoms with E-state index in [0.29, 0.717) is 25.9 Å². The first-order chi connectivity index (χ1) is 17.7.